The number of hydrogen-bond donors (Lipinski definition) is 3. The Hall–Kier alpha value is -3.03. The zero-order valence-electron chi connectivity index (χ0n) is 12.9. The number of aromatic hydroxyl groups is 1. The lowest BCUT2D eigenvalue weighted by Crippen LogP contribution is -2.36. The van der Waals surface area contributed by atoms with Gasteiger partial charge in [0.15, 0.2) is 0 Å². The van der Waals surface area contributed by atoms with Gasteiger partial charge in [-0.25, -0.2) is 0 Å². The van der Waals surface area contributed by atoms with Gasteiger partial charge in [0.05, 0.1) is 11.3 Å². The summed E-state index contributed by atoms with van der Waals surface area (Å²) >= 11 is 0. The molecule has 132 valence electrons. The number of amides is 2. The number of phenols is 1. The molecule has 0 bridgehead atoms. The summed E-state index contributed by atoms with van der Waals surface area (Å²) in [6.45, 7) is 0.123. The third kappa shape index (κ3) is 5.23. The van der Waals surface area contributed by atoms with Crippen molar-refractivity contribution in [3.63, 3.8) is 0 Å². The topological polar surface area (TPSA) is 78.4 Å². The number of halogens is 3. The van der Waals surface area contributed by atoms with Crippen LogP contribution in [0.5, 0.6) is 5.75 Å². The minimum absolute atomic E-state index is 0.107. The maximum atomic E-state index is 12.8. The second-order valence-electron chi connectivity index (χ2n) is 5.17. The van der Waals surface area contributed by atoms with E-state index in [1.807, 2.05) is 5.32 Å². The smallest absolute Gasteiger partial charge is 0.418 e. The second-order valence-corrected chi connectivity index (χ2v) is 5.17. The number of phenolic OH excluding ortho intramolecular Hbond substituents is 1. The Labute approximate surface area is 141 Å². The van der Waals surface area contributed by atoms with Crippen molar-refractivity contribution in [3.05, 3.63) is 59.7 Å². The van der Waals surface area contributed by atoms with Gasteiger partial charge in [-0.15, -0.1) is 0 Å². The van der Waals surface area contributed by atoms with Gasteiger partial charge in [-0.05, 0) is 36.2 Å². The van der Waals surface area contributed by atoms with Gasteiger partial charge < -0.3 is 15.7 Å². The largest absolute Gasteiger partial charge is 0.508 e. The van der Waals surface area contributed by atoms with Gasteiger partial charge in [0.1, 0.15) is 5.75 Å². The third-order valence-electron chi connectivity index (χ3n) is 3.32. The quantitative estimate of drug-likeness (QED) is 0.741. The number of nitrogens with one attached hydrogen (secondary N) is 2. The van der Waals surface area contributed by atoms with Crippen molar-refractivity contribution >= 4 is 17.5 Å². The van der Waals surface area contributed by atoms with Gasteiger partial charge in [-0.1, -0.05) is 24.3 Å². The average molecular weight is 352 g/mol. The Morgan fingerprint density at radius 1 is 0.960 bits per heavy atom. The molecule has 8 heteroatoms. The molecule has 2 aromatic rings. The maximum absolute atomic E-state index is 12.8. The van der Waals surface area contributed by atoms with Crippen LogP contribution in [0.25, 0.3) is 0 Å². The highest BCUT2D eigenvalue weighted by atomic mass is 19.4. The van der Waals surface area contributed by atoms with Gasteiger partial charge in [0.25, 0.3) is 0 Å². The van der Waals surface area contributed by atoms with Gasteiger partial charge in [-0.2, -0.15) is 13.2 Å². The molecule has 0 aliphatic heterocycles. The number of alkyl halides is 3. The molecule has 5 nitrogen and oxygen atoms in total. The summed E-state index contributed by atoms with van der Waals surface area (Å²) in [6.07, 6.45) is -4.24. The van der Waals surface area contributed by atoms with Crippen LogP contribution in [0.1, 0.15) is 11.1 Å². The number of rotatable bonds is 4. The van der Waals surface area contributed by atoms with Crippen LogP contribution in [0, 0.1) is 0 Å². The molecule has 0 aromatic heterocycles. The van der Waals surface area contributed by atoms with Crippen LogP contribution in [0.4, 0.5) is 18.9 Å². The van der Waals surface area contributed by atoms with E-state index >= 15 is 0 Å². The minimum Gasteiger partial charge on any atom is -0.508 e. The lowest BCUT2D eigenvalue weighted by atomic mass is 10.1. The van der Waals surface area contributed by atoms with Crippen LogP contribution < -0.4 is 10.6 Å². The van der Waals surface area contributed by atoms with Crippen molar-refractivity contribution < 1.29 is 27.9 Å². The number of carbonyl (C=O) groups excluding carboxylic acids is 2. The van der Waals surface area contributed by atoms with Crippen molar-refractivity contribution in [3.8, 4) is 5.75 Å². The zero-order valence-corrected chi connectivity index (χ0v) is 12.9. The fourth-order valence-corrected chi connectivity index (χ4v) is 2.08. The van der Waals surface area contributed by atoms with E-state index in [0.29, 0.717) is 6.42 Å². The first-order chi connectivity index (χ1) is 11.8. The Kier molecular flexibility index (Phi) is 5.63. The summed E-state index contributed by atoms with van der Waals surface area (Å²) in [4.78, 5) is 23.5. The monoisotopic (exact) mass is 352 g/mol. The number of para-hydroxylation sites is 1. The molecule has 0 fully saturated rings. The Balaban J connectivity index is 1.91. The summed E-state index contributed by atoms with van der Waals surface area (Å²) in [5.41, 5.74) is -0.685. The lowest BCUT2D eigenvalue weighted by Gasteiger charge is -2.13. The Morgan fingerprint density at radius 2 is 1.60 bits per heavy atom. The third-order valence-corrected chi connectivity index (χ3v) is 3.32. The van der Waals surface area contributed by atoms with Crippen molar-refractivity contribution in [1.82, 2.24) is 5.32 Å². The van der Waals surface area contributed by atoms with Crippen LogP contribution in [0.15, 0.2) is 48.5 Å². The maximum Gasteiger partial charge on any atom is 0.418 e. The Bertz CT molecular complexity index is 758. The molecular weight excluding hydrogens is 337 g/mol. The molecule has 0 aliphatic rings. The fourth-order valence-electron chi connectivity index (χ4n) is 2.08. The van der Waals surface area contributed by atoms with Crippen LogP contribution >= 0.6 is 0 Å². The molecule has 0 heterocycles. The molecule has 0 saturated carbocycles. The van der Waals surface area contributed by atoms with E-state index in [-0.39, 0.29) is 12.3 Å². The normalized spacial score (nSPS) is 11.0. The molecule has 2 aromatic carbocycles. The summed E-state index contributed by atoms with van der Waals surface area (Å²) in [6, 6.07) is 10.7. The standard InChI is InChI=1S/C17H15F3N2O3/c18-17(19,20)13-3-1-2-4-14(13)22-16(25)15(24)21-10-9-11-5-7-12(23)8-6-11/h1-8,23H,9-10H2,(H,21,24)(H,22,25). The van der Waals surface area contributed by atoms with Gasteiger partial charge in [0, 0.05) is 6.54 Å². The van der Waals surface area contributed by atoms with Crippen LogP contribution in [0.3, 0.4) is 0 Å². The minimum atomic E-state index is -4.64. The summed E-state index contributed by atoms with van der Waals surface area (Å²) in [5.74, 6) is -2.10. The number of anilines is 1. The number of hydrogen-bond acceptors (Lipinski definition) is 3. The number of benzene rings is 2. The average Bonchev–Trinajstić information content (AvgIpc) is 2.56. The fraction of sp³-hybridized carbons (Fsp3) is 0.176. The predicted molar refractivity (Wildman–Crippen MR) is 84.9 cm³/mol. The van der Waals surface area contributed by atoms with Crippen LogP contribution in [-0.4, -0.2) is 23.5 Å². The van der Waals surface area contributed by atoms with Crippen molar-refractivity contribution in [2.45, 2.75) is 12.6 Å². The summed E-state index contributed by atoms with van der Waals surface area (Å²) < 4.78 is 38.5. The molecule has 0 radical (unpaired) electrons. The highest BCUT2D eigenvalue weighted by molar-refractivity contribution is 6.39. The molecular formula is C17H15F3N2O3. The van der Waals surface area contributed by atoms with E-state index in [1.165, 1.54) is 24.3 Å². The molecule has 0 atom stereocenters. The molecule has 25 heavy (non-hydrogen) atoms. The van der Waals surface area contributed by atoms with E-state index < -0.39 is 29.2 Å². The van der Waals surface area contributed by atoms with E-state index in [1.54, 1.807) is 12.1 Å². The van der Waals surface area contributed by atoms with Gasteiger partial charge in [0.2, 0.25) is 0 Å². The van der Waals surface area contributed by atoms with Gasteiger partial charge >= 0.3 is 18.0 Å². The molecule has 2 rings (SSSR count). The van der Waals surface area contributed by atoms with Crippen molar-refractivity contribution in [2.24, 2.45) is 0 Å². The van der Waals surface area contributed by atoms with Crippen LogP contribution in [-0.2, 0) is 22.2 Å². The molecule has 0 aliphatic carbocycles. The molecule has 2 amide bonds. The number of carbonyl (C=O) groups is 2. The van der Waals surface area contributed by atoms with E-state index in [4.69, 9.17) is 5.11 Å². The highest BCUT2D eigenvalue weighted by Gasteiger charge is 2.33. The lowest BCUT2D eigenvalue weighted by molar-refractivity contribution is -0.138. The van der Waals surface area contributed by atoms with Crippen LogP contribution in [0.2, 0.25) is 0 Å². The Morgan fingerprint density at radius 3 is 2.24 bits per heavy atom. The second kappa shape index (κ2) is 7.69. The first-order valence-corrected chi connectivity index (χ1v) is 7.30. The van der Waals surface area contributed by atoms with E-state index in [0.717, 1.165) is 17.7 Å². The van der Waals surface area contributed by atoms with E-state index in [9.17, 15) is 22.8 Å². The SMILES string of the molecule is O=C(NCCc1ccc(O)cc1)C(=O)Nc1ccccc1C(F)(F)F. The summed E-state index contributed by atoms with van der Waals surface area (Å²) in [5, 5.41) is 13.5. The van der Waals surface area contributed by atoms with E-state index in [2.05, 4.69) is 5.32 Å². The summed E-state index contributed by atoms with van der Waals surface area (Å²) in [7, 11) is 0. The predicted octanol–water partition coefficient (Wildman–Crippen LogP) is 2.71. The van der Waals surface area contributed by atoms with Crippen molar-refractivity contribution in [1.29, 1.82) is 0 Å². The molecule has 0 spiro atoms. The molecule has 3 N–H and O–H groups in total. The van der Waals surface area contributed by atoms with Crippen molar-refractivity contribution in [2.75, 3.05) is 11.9 Å². The zero-order chi connectivity index (χ0) is 18.4. The first kappa shape index (κ1) is 18.3. The molecule has 0 saturated heterocycles. The molecule has 0 unspecified atom stereocenters. The van der Waals surface area contributed by atoms with Gasteiger partial charge in [-0.3, -0.25) is 9.59 Å². The highest BCUT2D eigenvalue weighted by Crippen LogP contribution is 2.34. The first-order valence-electron chi connectivity index (χ1n) is 7.30.